The van der Waals surface area contributed by atoms with Crippen molar-refractivity contribution in [3.8, 4) is 6.07 Å². The number of nitrogens with one attached hydrogen (secondary N) is 2. The third-order valence-electron chi connectivity index (χ3n) is 5.44. The van der Waals surface area contributed by atoms with Gasteiger partial charge in [-0.3, -0.25) is 10.1 Å². The van der Waals surface area contributed by atoms with Crippen LogP contribution in [0.4, 0.5) is 10.5 Å². The summed E-state index contributed by atoms with van der Waals surface area (Å²) in [5.74, 6) is -0.508. The molecule has 1 saturated carbocycles. The first kappa shape index (κ1) is 14.2. The summed E-state index contributed by atoms with van der Waals surface area (Å²) >= 11 is 0. The molecule has 4 heterocycles. The Balaban J connectivity index is 1.55. The van der Waals surface area contributed by atoms with Crippen molar-refractivity contribution in [3.05, 3.63) is 24.2 Å². The van der Waals surface area contributed by atoms with E-state index in [1.54, 1.807) is 16.9 Å². The monoisotopic (exact) mass is 337 g/mol. The molecular formula is C16H15N7O2. The lowest BCUT2D eigenvalue weighted by molar-refractivity contribution is -0.122. The summed E-state index contributed by atoms with van der Waals surface area (Å²) in [6.07, 6.45) is 4.35. The molecule has 3 atom stereocenters. The Kier molecular flexibility index (Phi) is 2.67. The number of imide groups is 1. The lowest BCUT2D eigenvalue weighted by Crippen LogP contribution is -2.51. The largest absolute Gasteiger partial charge is 0.366 e. The van der Waals surface area contributed by atoms with Crippen molar-refractivity contribution in [1.82, 2.24) is 25.2 Å². The van der Waals surface area contributed by atoms with E-state index in [9.17, 15) is 14.9 Å². The lowest BCUT2D eigenvalue weighted by atomic mass is 10.0. The van der Waals surface area contributed by atoms with Gasteiger partial charge in [-0.05, 0) is 18.4 Å². The highest BCUT2D eigenvalue weighted by molar-refractivity contribution is 6.00. The van der Waals surface area contributed by atoms with E-state index in [1.165, 1.54) is 0 Å². The van der Waals surface area contributed by atoms with Crippen LogP contribution in [-0.2, 0) is 4.79 Å². The Hall–Kier alpha value is -3.15. The second-order valence-electron chi connectivity index (χ2n) is 6.95. The second kappa shape index (κ2) is 4.69. The molecule has 5 rings (SSSR count). The molecule has 3 amide bonds. The molecule has 9 heteroatoms. The number of carbonyl (C=O) groups excluding carboxylic acids is 2. The highest BCUT2D eigenvalue weighted by Gasteiger charge is 2.61. The molecule has 2 aromatic heterocycles. The zero-order valence-electron chi connectivity index (χ0n) is 13.3. The summed E-state index contributed by atoms with van der Waals surface area (Å²) in [6.45, 7) is 1.70. The Morgan fingerprint density at radius 3 is 3.04 bits per heavy atom. The number of rotatable bonds is 2. The van der Waals surface area contributed by atoms with Gasteiger partial charge in [0, 0.05) is 32.0 Å². The molecule has 0 spiro atoms. The molecule has 2 saturated heterocycles. The number of nitriles is 1. The van der Waals surface area contributed by atoms with Crippen molar-refractivity contribution >= 4 is 23.3 Å². The van der Waals surface area contributed by atoms with Gasteiger partial charge in [0.25, 0.3) is 0 Å². The van der Waals surface area contributed by atoms with Crippen molar-refractivity contribution in [2.24, 2.45) is 11.3 Å². The number of carbonyl (C=O) groups is 2. The van der Waals surface area contributed by atoms with E-state index >= 15 is 0 Å². The summed E-state index contributed by atoms with van der Waals surface area (Å²) in [4.78, 5) is 30.0. The Morgan fingerprint density at radius 2 is 2.28 bits per heavy atom. The van der Waals surface area contributed by atoms with Gasteiger partial charge in [0.05, 0.1) is 28.8 Å². The maximum atomic E-state index is 12.2. The van der Waals surface area contributed by atoms with E-state index in [1.807, 2.05) is 6.07 Å². The van der Waals surface area contributed by atoms with Crippen LogP contribution in [0, 0.1) is 22.7 Å². The van der Waals surface area contributed by atoms with Crippen LogP contribution >= 0.6 is 0 Å². The van der Waals surface area contributed by atoms with Gasteiger partial charge >= 0.3 is 6.03 Å². The van der Waals surface area contributed by atoms with Crippen LogP contribution in [0.1, 0.15) is 18.0 Å². The smallest absolute Gasteiger partial charge is 0.321 e. The summed E-state index contributed by atoms with van der Waals surface area (Å²) in [6, 6.07) is 3.83. The van der Waals surface area contributed by atoms with Crippen LogP contribution in [0.2, 0.25) is 0 Å². The number of fused-ring (bicyclic) bond motifs is 2. The normalized spacial score (nSPS) is 30.6. The van der Waals surface area contributed by atoms with Crippen molar-refractivity contribution < 1.29 is 9.59 Å². The highest BCUT2D eigenvalue weighted by Crippen LogP contribution is 2.58. The van der Waals surface area contributed by atoms with Crippen molar-refractivity contribution in [3.63, 3.8) is 0 Å². The van der Waals surface area contributed by atoms with Gasteiger partial charge in [0.1, 0.15) is 0 Å². The van der Waals surface area contributed by atoms with Crippen LogP contribution in [0.15, 0.2) is 18.5 Å². The minimum Gasteiger partial charge on any atom is -0.366 e. The van der Waals surface area contributed by atoms with Gasteiger partial charge in [-0.15, -0.1) is 0 Å². The summed E-state index contributed by atoms with van der Waals surface area (Å²) in [7, 11) is 0. The number of amides is 3. The molecular weight excluding hydrogens is 322 g/mol. The fourth-order valence-electron chi connectivity index (χ4n) is 3.93. The fourth-order valence-corrected chi connectivity index (χ4v) is 3.93. The van der Waals surface area contributed by atoms with Gasteiger partial charge in [-0.2, -0.15) is 10.4 Å². The van der Waals surface area contributed by atoms with Crippen molar-refractivity contribution in [1.29, 1.82) is 5.26 Å². The molecule has 3 aliphatic rings. The molecule has 3 unspecified atom stereocenters. The number of anilines is 1. The average Bonchev–Trinajstić information content (AvgIpc) is 2.96. The van der Waals surface area contributed by atoms with Gasteiger partial charge in [-0.25, -0.2) is 14.3 Å². The van der Waals surface area contributed by atoms with E-state index in [0.717, 1.165) is 18.7 Å². The third kappa shape index (κ3) is 2.00. The molecule has 0 aromatic carbocycles. The van der Waals surface area contributed by atoms with E-state index in [2.05, 4.69) is 31.7 Å². The molecule has 0 bridgehead atoms. The molecule has 9 nitrogen and oxygen atoms in total. The zero-order valence-corrected chi connectivity index (χ0v) is 13.3. The topological polar surface area (TPSA) is 115 Å². The van der Waals surface area contributed by atoms with Crippen molar-refractivity contribution in [2.45, 2.75) is 12.3 Å². The minimum atomic E-state index is -0.551. The number of hydrogen-bond acceptors (Lipinski definition) is 6. The number of hydrogen-bond donors (Lipinski definition) is 2. The zero-order chi connectivity index (χ0) is 17.2. The quantitative estimate of drug-likeness (QED) is 0.797. The second-order valence-corrected chi connectivity index (χ2v) is 6.95. The molecule has 1 aliphatic carbocycles. The molecule has 25 heavy (non-hydrogen) atoms. The number of piperidine rings is 1. The predicted octanol–water partition coefficient (Wildman–Crippen LogP) is 0.00218. The highest BCUT2D eigenvalue weighted by atomic mass is 16.2. The number of aromatic nitrogens is 3. The van der Waals surface area contributed by atoms with Gasteiger partial charge in [-0.1, -0.05) is 0 Å². The van der Waals surface area contributed by atoms with E-state index in [4.69, 9.17) is 0 Å². The molecule has 2 aliphatic heterocycles. The summed E-state index contributed by atoms with van der Waals surface area (Å²) < 4.78 is 1.65. The van der Waals surface area contributed by atoms with Gasteiger partial charge in [0.15, 0.2) is 5.65 Å². The summed E-state index contributed by atoms with van der Waals surface area (Å²) in [5.41, 5.74) is 1.92. The van der Waals surface area contributed by atoms with Crippen LogP contribution in [0.3, 0.4) is 0 Å². The minimum absolute atomic E-state index is 0.210. The van der Waals surface area contributed by atoms with Crippen molar-refractivity contribution in [2.75, 3.05) is 24.5 Å². The third-order valence-corrected chi connectivity index (χ3v) is 5.44. The van der Waals surface area contributed by atoms with Crippen LogP contribution in [0.5, 0.6) is 0 Å². The SMILES string of the molecule is N#CC12CC1CN(c1cc(C3CNC(=O)NC3=O)nn3ccnc13)C2. The van der Waals surface area contributed by atoms with Crippen LogP contribution < -0.4 is 15.5 Å². The van der Waals surface area contributed by atoms with Crippen LogP contribution in [-0.4, -0.2) is 46.2 Å². The predicted molar refractivity (Wildman–Crippen MR) is 85.6 cm³/mol. The Morgan fingerprint density at radius 1 is 1.40 bits per heavy atom. The first-order valence-electron chi connectivity index (χ1n) is 8.19. The molecule has 2 aromatic rings. The lowest BCUT2D eigenvalue weighted by Gasteiger charge is -2.25. The number of urea groups is 1. The van der Waals surface area contributed by atoms with E-state index in [0.29, 0.717) is 23.8 Å². The molecule has 126 valence electrons. The maximum Gasteiger partial charge on any atom is 0.321 e. The average molecular weight is 337 g/mol. The Bertz CT molecular complexity index is 961. The molecule has 2 N–H and O–H groups in total. The molecule has 3 fully saturated rings. The first-order chi connectivity index (χ1) is 12.1. The molecule has 0 radical (unpaired) electrons. The van der Waals surface area contributed by atoms with Crippen LogP contribution in [0.25, 0.3) is 5.65 Å². The van der Waals surface area contributed by atoms with E-state index < -0.39 is 11.9 Å². The fraction of sp³-hybridized carbons (Fsp3) is 0.438. The Labute approximate surface area is 142 Å². The van der Waals surface area contributed by atoms with Gasteiger partial charge in [0.2, 0.25) is 5.91 Å². The maximum absolute atomic E-state index is 12.2. The summed E-state index contributed by atoms with van der Waals surface area (Å²) in [5, 5.41) is 18.8. The van der Waals surface area contributed by atoms with E-state index in [-0.39, 0.29) is 17.9 Å². The first-order valence-corrected chi connectivity index (χ1v) is 8.19. The standard InChI is InChI=1S/C16H15N7O2/c17-7-16-4-9(16)6-22(8-16)12-3-11(21-23-2-1-18-13(12)23)10-5-19-15(25)20-14(10)24/h1-3,9-10H,4-6,8H2,(H2,19,20,24,25). The van der Waals surface area contributed by atoms with Gasteiger partial charge < -0.3 is 10.2 Å². The number of nitrogens with zero attached hydrogens (tertiary/aromatic N) is 5. The number of imidazole rings is 1.